The zero-order valence-electron chi connectivity index (χ0n) is 20.8. The van der Waals surface area contributed by atoms with Crippen molar-refractivity contribution in [3.63, 3.8) is 0 Å². The summed E-state index contributed by atoms with van der Waals surface area (Å²) >= 11 is 0. The van der Waals surface area contributed by atoms with Crippen LogP contribution in [0.5, 0.6) is 11.5 Å². The third kappa shape index (κ3) is 8.45. The molecule has 0 aliphatic rings. The van der Waals surface area contributed by atoms with E-state index in [4.69, 9.17) is 4.74 Å². The number of benzene rings is 2. The average molecular weight is 475 g/mol. The molecule has 0 radical (unpaired) electrons. The van der Waals surface area contributed by atoms with Gasteiger partial charge >= 0.3 is 6.61 Å². The van der Waals surface area contributed by atoms with Crippen molar-refractivity contribution in [2.75, 3.05) is 32.1 Å². The van der Waals surface area contributed by atoms with Crippen molar-refractivity contribution < 1.29 is 23.0 Å². The van der Waals surface area contributed by atoms with E-state index < -0.39 is 6.61 Å². The molecule has 2 rings (SSSR count). The van der Waals surface area contributed by atoms with Crippen molar-refractivity contribution in [2.45, 2.75) is 53.6 Å². The van der Waals surface area contributed by atoms with Crippen molar-refractivity contribution in [3.8, 4) is 11.5 Å². The number of nitrogens with one attached hydrogen (secondary N) is 1. The van der Waals surface area contributed by atoms with Crippen LogP contribution >= 0.6 is 0 Å². The van der Waals surface area contributed by atoms with E-state index in [9.17, 15) is 13.6 Å². The van der Waals surface area contributed by atoms with Crippen LogP contribution in [0.4, 0.5) is 14.5 Å². The van der Waals surface area contributed by atoms with Gasteiger partial charge in [0.05, 0.1) is 12.8 Å². The fraction of sp³-hybridized carbons (Fsp3) is 0.444. The predicted octanol–water partition coefficient (Wildman–Crippen LogP) is 6.53. The van der Waals surface area contributed by atoms with Crippen molar-refractivity contribution in [2.24, 2.45) is 0 Å². The first-order chi connectivity index (χ1) is 16.3. The summed E-state index contributed by atoms with van der Waals surface area (Å²) in [5.41, 5.74) is 4.10. The number of halogens is 2. The second-order valence-electron chi connectivity index (χ2n) is 8.27. The van der Waals surface area contributed by atoms with Crippen LogP contribution in [0.1, 0.15) is 55.4 Å². The van der Waals surface area contributed by atoms with Crippen LogP contribution < -0.4 is 14.8 Å². The fourth-order valence-corrected chi connectivity index (χ4v) is 3.74. The molecule has 0 aliphatic heterocycles. The smallest absolute Gasteiger partial charge is 0.387 e. The van der Waals surface area contributed by atoms with Gasteiger partial charge in [0.1, 0.15) is 11.5 Å². The lowest BCUT2D eigenvalue weighted by Crippen LogP contribution is -2.29. The van der Waals surface area contributed by atoms with E-state index >= 15 is 0 Å². The number of aryl methyl sites for hydroxylation is 1. The van der Waals surface area contributed by atoms with Crippen LogP contribution in [0.3, 0.4) is 0 Å². The van der Waals surface area contributed by atoms with Crippen molar-refractivity contribution in [1.82, 2.24) is 4.90 Å². The van der Waals surface area contributed by atoms with Crippen LogP contribution in [0, 0.1) is 13.8 Å². The average Bonchev–Trinajstić information content (AvgIpc) is 2.79. The molecule has 2 aromatic rings. The molecule has 5 nitrogen and oxygen atoms in total. The number of anilines is 1. The summed E-state index contributed by atoms with van der Waals surface area (Å²) in [6.07, 6.45) is 6.06. The SMILES string of the molecule is CCCN(CCC)CCC(=O)Nc1cc(/C=C\c2cc(C)c(C)c(OC)c2)ccc1OC(F)F. The summed E-state index contributed by atoms with van der Waals surface area (Å²) in [4.78, 5) is 14.8. The second kappa shape index (κ2) is 13.7. The first kappa shape index (κ1) is 27.3. The monoisotopic (exact) mass is 474 g/mol. The highest BCUT2D eigenvalue weighted by Gasteiger charge is 2.14. The molecule has 0 aliphatic carbocycles. The number of amides is 1. The Hall–Kier alpha value is -2.93. The molecule has 0 unspecified atom stereocenters. The number of carbonyl (C=O) groups excluding carboxylic acids is 1. The molecule has 1 amide bonds. The number of hydrogen-bond donors (Lipinski definition) is 1. The van der Waals surface area contributed by atoms with Crippen LogP contribution in [0.25, 0.3) is 12.2 Å². The van der Waals surface area contributed by atoms with Crippen molar-refractivity contribution in [3.05, 3.63) is 52.6 Å². The minimum absolute atomic E-state index is 0.0627. The van der Waals surface area contributed by atoms with Crippen molar-refractivity contribution >= 4 is 23.7 Å². The van der Waals surface area contributed by atoms with Gasteiger partial charge in [-0.2, -0.15) is 8.78 Å². The molecule has 0 aromatic heterocycles. The van der Waals surface area contributed by atoms with Crippen LogP contribution in [0.15, 0.2) is 30.3 Å². The van der Waals surface area contributed by atoms with E-state index in [-0.39, 0.29) is 23.8 Å². The highest BCUT2D eigenvalue weighted by atomic mass is 19.3. The Bertz CT molecular complexity index is 971. The van der Waals surface area contributed by atoms with Gasteiger partial charge in [-0.05, 0) is 80.2 Å². The van der Waals surface area contributed by atoms with Gasteiger partial charge in [0.25, 0.3) is 0 Å². The van der Waals surface area contributed by atoms with Gasteiger partial charge in [0.15, 0.2) is 0 Å². The molecule has 7 heteroatoms. The Morgan fingerprint density at radius 3 is 2.29 bits per heavy atom. The number of alkyl halides is 2. The van der Waals surface area contributed by atoms with Gasteiger partial charge < -0.3 is 19.7 Å². The lowest BCUT2D eigenvalue weighted by atomic mass is 10.0. The lowest BCUT2D eigenvalue weighted by Gasteiger charge is -2.20. The Kier molecular flexibility index (Phi) is 11.0. The lowest BCUT2D eigenvalue weighted by molar-refractivity contribution is -0.116. The first-order valence-corrected chi connectivity index (χ1v) is 11.7. The molecular formula is C27H36F2N2O3. The standard InChI is InChI=1S/C27H36F2N2O3/c1-6-13-31(14-7-2)15-12-26(32)30-23-17-21(10-11-24(23)34-27(28)29)8-9-22-16-19(3)20(4)25(18-22)33-5/h8-11,16-18,27H,6-7,12-15H2,1-5H3,(H,30,32)/b9-8-. The van der Waals surface area contributed by atoms with E-state index in [0.29, 0.717) is 6.54 Å². The van der Waals surface area contributed by atoms with E-state index in [1.54, 1.807) is 19.2 Å². The number of rotatable bonds is 13. The van der Waals surface area contributed by atoms with E-state index in [1.807, 2.05) is 38.1 Å². The molecule has 1 N–H and O–H groups in total. The molecule has 0 saturated carbocycles. The molecule has 2 aromatic carbocycles. The summed E-state index contributed by atoms with van der Waals surface area (Å²) in [7, 11) is 1.63. The summed E-state index contributed by atoms with van der Waals surface area (Å²) in [5.74, 6) is 0.497. The Labute approximate surface area is 201 Å². The summed E-state index contributed by atoms with van der Waals surface area (Å²) in [5, 5.41) is 2.75. The third-order valence-corrected chi connectivity index (χ3v) is 5.56. The first-order valence-electron chi connectivity index (χ1n) is 11.7. The van der Waals surface area contributed by atoms with Crippen LogP contribution in [0.2, 0.25) is 0 Å². The number of hydrogen-bond acceptors (Lipinski definition) is 4. The molecule has 0 heterocycles. The van der Waals surface area contributed by atoms with Gasteiger partial charge in [-0.3, -0.25) is 4.79 Å². The minimum atomic E-state index is -2.98. The normalized spacial score (nSPS) is 11.4. The number of methoxy groups -OCH3 is 1. The molecule has 0 saturated heterocycles. The maximum absolute atomic E-state index is 12.9. The largest absolute Gasteiger partial charge is 0.496 e. The molecule has 0 fully saturated rings. The molecule has 0 spiro atoms. The Morgan fingerprint density at radius 2 is 1.68 bits per heavy atom. The zero-order chi connectivity index (χ0) is 25.1. The quantitative estimate of drug-likeness (QED) is 0.335. The Morgan fingerprint density at radius 1 is 1.00 bits per heavy atom. The minimum Gasteiger partial charge on any atom is -0.496 e. The molecule has 0 atom stereocenters. The fourth-order valence-electron chi connectivity index (χ4n) is 3.74. The van der Waals surface area contributed by atoms with Gasteiger partial charge in [-0.15, -0.1) is 0 Å². The highest BCUT2D eigenvalue weighted by molar-refractivity contribution is 5.93. The number of ether oxygens (including phenoxy) is 2. The summed E-state index contributed by atoms with van der Waals surface area (Å²) in [6, 6.07) is 8.74. The third-order valence-electron chi connectivity index (χ3n) is 5.56. The van der Waals surface area contributed by atoms with Crippen LogP contribution in [-0.2, 0) is 4.79 Å². The molecule has 34 heavy (non-hydrogen) atoms. The zero-order valence-corrected chi connectivity index (χ0v) is 20.8. The molecular weight excluding hydrogens is 438 g/mol. The predicted molar refractivity (Wildman–Crippen MR) is 135 cm³/mol. The van der Waals surface area contributed by atoms with E-state index in [1.165, 1.54) is 6.07 Å². The second-order valence-corrected chi connectivity index (χ2v) is 8.27. The number of carbonyl (C=O) groups is 1. The van der Waals surface area contributed by atoms with Gasteiger partial charge in [0, 0.05) is 13.0 Å². The molecule has 186 valence electrons. The Balaban J connectivity index is 2.20. The van der Waals surface area contributed by atoms with Crippen LogP contribution in [-0.4, -0.2) is 44.2 Å². The summed E-state index contributed by atoms with van der Waals surface area (Å²) < 4.78 is 35.9. The van der Waals surface area contributed by atoms with E-state index in [2.05, 4.69) is 28.8 Å². The summed E-state index contributed by atoms with van der Waals surface area (Å²) in [6.45, 7) is 7.70. The molecule has 0 bridgehead atoms. The maximum atomic E-state index is 12.9. The van der Waals surface area contributed by atoms with E-state index in [0.717, 1.165) is 53.9 Å². The van der Waals surface area contributed by atoms with Gasteiger partial charge in [-0.1, -0.05) is 38.1 Å². The topological polar surface area (TPSA) is 50.8 Å². The maximum Gasteiger partial charge on any atom is 0.387 e. The van der Waals surface area contributed by atoms with Gasteiger partial charge in [0.2, 0.25) is 5.91 Å². The van der Waals surface area contributed by atoms with Crippen molar-refractivity contribution in [1.29, 1.82) is 0 Å². The van der Waals surface area contributed by atoms with Gasteiger partial charge in [-0.25, -0.2) is 0 Å². The number of nitrogens with zero attached hydrogens (tertiary/aromatic N) is 1. The highest BCUT2D eigenvalue weighted by Crippen LogP contribution is 2.29.